The molecule has 0 bridgehead atoms. The van der Waals surface area contributed by atoms with E-state index in [9.17, 15) is 4.79 Å². The Kier molecular flexibility index (Phi) is 5.69. The highest BCUT2D eigenvalue weighted by Crippen LogP contribution is 2.36. The van der Waals surface area contributed by atoms with Crippen LogP contribution in [-0.4, -0.2) is 41.7 Å². The highest BCUT2D eigenvalue weighted by atomic mass is 32.1. The van der Waals surface area contributed by atoms with Crippen LogP contribution in [0.2, 0.25) is 0 Å². The predicted octanol–water partition coefficient (Wildman–Crippen LogP) is 5.22. The Morgan fingerprint density at radius 1 is 1.10 bits per heavy atom. The van der Waals surface area contributed by atoms with E-state index >= 15 is 0 Å². The zero-order valence-corrected chi connectivity index (χ0v) is 17.8. The van der Waals surface area contributed by atoms with Crippen LogP contribution in [-0.2, 0) is 4.74 Å². The number of amides is 1. The lowest BCUT2D eigenvalue weighted by Crippen LogP contribution is -2.38. The molecule has 1 amide bonds. The molecule has 2 aliphatic rings. The molecule has 5 rings (SSSR count). The Balaban J connectivity index is 1.30. The topological polar surface area (TPSA) is 51.7 Å². The first kappa shape index (κ1) is 19.5. The molecule has 0 spiro atoms. The Bertz CT molecular complexity index is 978. The molecule has 0 saturated carbocycles. The number of hydrogen-bond acceptors (Lipinski definition) is 5. The summed E-state index contributed by atoms with van der Waals surface area (Å²) in [6, 6.07) is 15.8. The first-order valence-corrected chi connectivity index (χ1v) is 11.6. The molecule has 0 aliphatic carbocycles. The number of carbonyl (C=O) groups excluding carboxylic acids is 1. The van der Waals surface area contributed by atoms with Crippen LogP contribution in [0.25, 0.3) is 10.2 Å². The molecule has 5 nitrogen and oxygen atoms in total. The number of likely N-dealkylation sites (tertiary alicyclic amines) is 1. The van der Waals surface area contributed by atoms with Gasteiger partial charge < -0.3 is 14.4 Å². The lowest BCUT2D eigenvalue weighted by molar-refractivity contribution is 0.0610. The van der Waals surface area contributed by atoms with E-state index in [4.69, 9.17) is 14.5 Å². The number of nitrogens with zero attached hydrogens (tertiary/aromatic N) is 2. The summed E-state index contributed by atoms with van der Waals surface area (Å²) in [6.45, 7) is 2.17. The summed E-state index contributed by atoms with van der Waals surface area (Å²) in [6.07, 6.45) is 5.48. The molecule has 2 atom stereocenters. The van der Waals surface area contributed by atoms with Gasteiger partial charge in [-0.2, -0.15) is 0 Å². The van der Waals surface area contributed by atoms with Crippen molar-refractivity contribution in [1.82, 2.24) is 9.88 Å². The largest absolute Gasteiger partial charge is 0.491 e. The molecule has 1 aromatic heterocycles. The number of benzene rings is 2. The maximum atomic E-state index is 13.3. The molecule has 2 saturated heterocycles. The maximum absolute atomic E-state index is 13.3. The fraction of sp³-hybridized carbons (Fsp3) is 0.417. The summed E-state index contributed by atoms with van der Waals surface area (Å²) in [5.74, 6) is 0.855. The quantitative estimate of drug-likeness (QED) is 0.566. The number of hydrogen-bond donors (Lipinski definition) is 0. The van der Waals surface area contributed by atoms with Gasteiger partial charge in [0.15, 0.2) is 0 Å². The standard InChI is InChI=1S/C24H26N2O3S/c27-24(17-10-12-18(13-11-17)29-16-19-6-5-15-28-19)26-14-4-3-8-21(26)23-25-20-7-1-2-9-22(20)30-23/h1-2,7,9-13,19,21H,3-6,8,14-16H2/t19-,21+/m1/s1. The van der Waals surface area contributed by atoms with Crippen molar-refractivity contribution in [3.63, 3.8) is 0 Å². The minimum absolute atomic E-state index is 0.0547. The zero-order valence-electron chi connectivity index (χ0n) is 17.0. The van der Waals surface area contributed by atoms with Gasteiger partial charge in [-0.15, -0.1) is 11.3 Å². The van der Waals surface area contributed by atoms with E-state index in [0.29, 0.717) is 12.2 Å². The van der Waals surface area contributed by atoms with Crippen molar-refractivity contribution in [2.45, 2.75) is 44.2 Å². The van der Waals surface area contributed by atoms with Gasteiger partial charge >= 0.3 is 0 Å². The summed E-state index contributed by atoms with van der Waals surface area (Å²) >= 11 is 1.70. The number of aromatic nitrogens is 1. The molecule has 2 fully saturated rings. The third-order valence-corrected chi connectivity index (χ3v) is 7.06. The van der Waals surface area contributed by atoms with Crippen LogP contribution < -0.4 is 4.74 Å². The Labute approximate surface area is 180 Å². The van der Waals surface area contributed by atoms with Crippen molar-refractivity contribution in [3.8, 4) is 5.75 Å². The van der Waals surface area contributed by atoms with Crippen molar-refractivity contribution < 1.29 is 14.3 Å². The molecular weight excluding hydrogens is 396 g/mol. The van der Waals surface area contributed by atoms with Crippen LogP contribution in [0.3, 0.4) is 0 Å². The second-order valence-electron chi connectivity index (χ2n) is 8.00. The van der Waals surface area contributed by atoms with Crippen LogP contribution in [0, 0.1) is 0 Å². The van der Waals surface area contributed by atoms with Crippen LogP contribution in [0.15, 0.2) is 48.5 Å². The summed E-state index contributed by atoms with van der Waals surface area (Å²) in [4.78, 5) is 20.2. The van der Waals surface area contributed by atoms with Crippen molar-refractivity contribution >= 4 is 27.5 Å². The first-order valence-electron chi connectivity index (χ1n) is 10.8. The SMILES string of the molecule is O=C(c1ccc(OC[C@H]2CCCO2)cc1)N1CCCC[C@H]1c1nc2ccccc2s1. The number of para-hydroxylation sites is 1. The third-order valence-electron chi connectivity index (χ3n) is 5.92. The molecule has 0 radical (unpaired) electrons. The molecular formula is C24H26N2O3S. The van der Waals surface area contributed by atoms with Gasteiger partial charge in [0.2, 0.25) is 0 Å². The van der Waals surface area contributed by atoms with E-state index in [-0.39, 0.29) is 18.1 Å². The number of piperidine rings is 1. The molecule has 3 aromatic rings. The van der Waals surface area contributed by atoms with Gasteiger partial charge in [0.05, 0.1) is 22.4 Å². The van der Waals surface area contributed by atoms with Gasteiger partial charge in [-0.25, -0.2) is 4.98 Å². The molecule has 2 aromatic carbocycles. The molecule has 3 heterocycles. The van der Waals surface area contributed by atoms with E-state index in [1.807, 2.05) is 47.4 Å². The Morgan fingerprint density at radius 3 is 2.77 bits per heavy atom. The Morgan fingerprint density at radius 2 is 1.97 bits per heavy atom. The fourth-order valence-electron chi connectivity index (χ4n) is 4.29. The molecule has 0 N–H and O–H groups in total. The molecule has 30 heavy (non-hydrogen) atoms. The maximum Gasteiger partial charge on any atom is 0.254 e. The lowest BCUT2D eigenvalue weighted by Gasteiger charge is -2.34. The number of rotatable bonds is 5. The summed E-state index contributed by atoms with van der Waals surface area (Å²) < 4.78 is 12.6. The highest BCUT2D eigenvalue weighted by Gasteiger charge is 2.31. The Hall–Kier alpha value is -2.44. The summed E-state index contributed by atoms with van der Waals surface area (Å²) in [7, 11) is 0. The first-order chi connectivity index (χ1) is 14.8. The predicted molar refractivity (Wildman–Crippen MR) is 118 cm³/mol. The monoisotopic (exact) mass is 422 g/mol. The van der Waals surface area contributed by atoms with Gasteiger partial charge in [-0.3, -0.25) is 4.79 Å². The average Bonchev–Trinajstić information content (AvgIpc) is 3.47. The van der Waals surface area contributed by atoms with E-state index in [2.05, 4.69) is 6.07 Å². The van der Waals surface area contributed by atoms with E-state index in [1.165, 1.54) is 4.70 Å². The highest BCUT2D eigenvalue weighted by molar-refractivity contribution is 7.18. The van der Waals surface area contributed by atoms with E-state index in [1.54, 1.807) is 11.3 Å². The number of ether oxygens (including phenoxy) is 2. The smallest absolute Gasteiger partial charge is 0.254 e. The average molecular weight is 423 g/mol. The third kappa shape index (κ3) is 4.07. The van der Waals surface area contributed by atoms with Crippen LogP contribution in [0.4, 0.5) is 0 Å². The number of thiazole rings is 1. The van der Waals surface area contributed by atoms with Crippen LogP contribution >= 0.6 is 11.3 Å². The molecule has 2 aliphatic heterocycles. The van der Waals surface area contributed by atoms with Crippen LogP contribution in [0.5, 0.6) is 5.75 Å². The van der Waals surface area contributed by atoms with Crippen molar-refractivity contribution in [2.75, 3.05) is 19.8 Å². The minimum atomic E-state index is 0.0547. The molecule has 0 unspecified atom stereocenters. The lowest BCUT2D eigenvalue weighted by atomic mass is 10.0. The second kappa shape index (κ2) is 8.74. The van der Waals surface area contributed by atoms with Crippen molar-refractivity contribution in [2.24, 2.45) is 0 Å². The van der Waals surface area contributed by atoms with Gasteiger partial charge in [0, 0.05) is 18.7 Å². The van der Waals surface area contributed by atoms with E-state index < -0.39 is 0 Å². The molecule has 6 heteroatoms. The second-order valence-corrected chi connectivity index (χ2v) is 9.06. The van der Waals surface area contributed by atoms with Gasteiger partial charge in [-0.1, -0.05) is 12.1 Å². The summed E-state index contributed by atoms with van der Waals surface area (Å²) in [5, 5.41) is 1.04. The molecule has 156 valence electrons. The summed E-state index contributed by atoms with van der Waals surface area (Å²) in [5.41, 5.74) is 1.72. The van der Waals surface area contributed by atoms with Gasteiger partial charge in [0.25, 0.3) is 5.91 Å². The number of carbonyl (C=O) groups is 1. The van der Waals surface area contributed by atoms with E-state index in [0.717, 1.165) is 61.5 Å². The minimum Gasteiger partial charge on any atom is -0.491 e. The normalized spacial score (nSPS) is 21.8. The van der Waals surface area contributed by atoms with Gasteiger partial charge in [0.1, 0.15) is 17.4 Å². The van der Waals surface area contributed by atoms with Gasteiger partial charge in [-0.05, 0) is 68.5 Å². The fourth-order valence-corrected chi connectivity index (χ4v) is 5.40. The van der Waals surface area contributed by atoms with Crippen LogP contribution in [0.1, 0.15) is 53.5 Å². The van der Waals surface area contributed by atoms with Crippen molar-refractivity contribution in [3.05, 3.63) is 59.1 Å². The number of fused-ring (bicyclic) bond motifs is 1. The van der Waals surface area contributed by atoms with Crippen molar-refractivity contribution in [1.29, 1.82) is 0 Å². The zero-order chi connectivity index (χ0) is 20.3.